The minimum Gasteiger partial charge on any atom is -0.510 e. The molecule has 0 N–H and O–H groups in total. The zero-order valence-electron chi connectivity index (χ0n) is 51.1. The summed E-state index contributed by atoms with van der Waals surface area (Å²) in [5, 5.41) is 3.96. The quantitative estimate of drug-likeness (QED) is 0.0658. The van der Waals surface area contributed by atoms with Crippen LogP contribution in [0, 0.1) is 18.5 Å². The number of imidazole rings is 1. The number of benzene rings is 10. The molecule has 15 aromatic rings. The summed E-state index contributed by atoms with van der Waals surface area (Å²) in [5.41, 5.74) is 16.3. The van der Waals surface area contributed by atoms with Crippen molar-refractivity contribution >= 4 is 70.9 Å². The third-order valence-electron chi connectivity index (χ3n) is 17.5. The van der Waals surface area contributed by atoms with Crippen LogP contribution in [-0.2, 0) is 37.3 Å². The summed E-state index contributed by atoms with van der Waals surface area (Å²) in [6, 6.07) is 79.5. The van der Waals surface area contributed by atoms with Crippen molar-refractivity contribution in [3.8, 4) is 62.1 Å². The molecule has 9 heteroatoms. The molecule has 438 valence electrons. The standard InChI is InChI=1S/C80H63N5O3.Pt/c1-78(2,3)55-35-36-81-74(45-55)84-68-33-29-52(54-39-66-75-67(40-54)77(87)65-38-51(49-19-12-10-13-20-49)28-34-69(65)85(75)72-41-53(27-31-63(72)76(66)86)50-21-14-11-15-22-50)37-64(68)62-32-30-61(47-73(62)84)88-60-24-18-23-58(46-60)82-48-83(71-26-17-16-25-70(71)82)59-43-56(79(4,5)6)42-57(44-59)80(7,8)9;/h10-45H,1-9H3;/q-2;. The van der Waals surface area contributed by atoms with E-state index in [1.807, 2.05) is 103 Å². The second-order valence-corrected chi connectivity index (χ2v) is 26.4. The molecule has 0 aliphatic heterocycles. The van der Waals surface area contributed by atoms with E-state index in [4.69, 9.17) is 9.72 Å². The topological polar surface area (TPSA) is 74.4 Å². The molecule has 89 heavy (non-hydrogen) atoms. The molecule has 0 bridgehead atoms. The molecule has 0 radical (unpaired) electrons. The van der Waals surface area contributed by atoms with Crippen molar-refractivity contribution in [3.63, 3.8) is 0 Å². The molecule has 0 saturated carbocycles. The van der Waals surface area contributed by atoms with Gasteiger partial charge in [-0.15, -0.1) is 29.7 Å². The molecule has 0 saturated heterocycles. The van der Waals surface area contributed by atoms with Gasteiger partial charge in [-0.3, -0.25) is 14.2 Å². The molecule has 0 spiro atoms. The van der Waals surface area contributed by atoms with Crippen LogP contribution in [0.1, 0.15) is 79.0 Å². The van der Waals surface area contributed by atoms with E-state index in [0.717, 1.165) is 100 Å². The molecule has 8 nitrogen and oxygen atoms in total. The number of ether oxygens (including phenoxy) is 1. The minimum absolute atomic E-state index is 0. The van der Waals surface area contributed by atoms with Gasteiger partial charge < -0.3 is 18.3 Å². The van der Waals surface area contributed by atoms with E-state index in [0.29, 0.717) is 38.6 Å². The molecule has 0 fully saturated rings. The molecule has 5 aromatic heterocycles. The zero-order chi connectivity index (χ0) is 60.5. The van der Waals surface area contributed by atoms with E-state index < -0.39 is 0 Å². The normalized spacial score (nSPS) is 12.3. The van der Waals surface area contributed by atoms with Gasteiger partial charge in [0.15, 0.2) is 10.9 Å². The molecule has 0 amide bonds. The Bertz CT molecular complexity index is 5440. The molecule has 0 atom stereocenters. The Morgan fingerprint density at radius 2 is 1.00 bits per heavy atom. The van der Waals surface area contributed by atoms with Crippen LogP contribution in [0.3, 0.4) is 0 Å². The molecular weight excluding hydrogens is 1270 g/mol. The van der Waals surface area contributed by atoms with Crippen LogP contribution in [0.5, 0.6) is 11.5 Å². The number of aromatic nitrogens is 5. The van der Waals surface area contributed by atoms with E-state index in [1.165, 1.54) is 11.1 Å². The van der Waals surface area contributed by atoms with Gasteiger partial charge in [0, 0.05) is 65.8 Å². The largest absolute Gasteiger partial charge is 0.510 e. The van der Waals surface area contributed by atoms with Crippen molar-refractivity contribution in [1.82, 2.24) is 18.5 Å². The van der Waals surface area contributed by atoms with Gasteiger partial charge in [0.05, 0.1) is 33.3 Å². The first-order valence-corrected chi connectivity index (χ1v) is 30.1. The maximum Gasteiger partial charge on any atom is 0.268 e. The van der Waals surface area contributed by atoms with Crippen LogP contribution < -0.4 is 20.2 Å². The van der Waals surface area contributed by atoms with Gasteiger partial charge in [0.2, 0.25) is 0 Å². The number of para-hydroxylation sites is 2. The fourth-order valence-electron chi connectivity index (χ4n) is 12.7. The van der Waals surface area contributed by atoms with Gasteiger partial charge in [0.1, 0.15) is 5.82 Å². The molecular formula is C80H63N5O3Pt-2. The van der Waals surface area contributed by atoms with E-state index in [2.05, 4.69) is 214 Å². The van der Waals surface area contributed by atoms with Crippen LogP contribution in [0.4, 0.5) is 0 Å². The van der Waals surface area contributed by atoms with Crippen molar-refractivity contribution in [2.45, 2.75) is 78.6 Å². The number of rotatable bonds is 8. The maximum atomic E-state index is 15.3. The van der Waals surface area contributed by atoms with Gasteiger partial charge >= 0.3 is 0 Å². The fourth-order valence-corrected chi connectivity index (χ4v) is 12.7. The summed E-state index contributed by atoms with van der Waals surface area (Å²) in [4.78, 5) is 35.5. The molecule has 5 heterocycles. The minimum atomic E-state index is -0.151. The predicted molar refractivity (Wildman–Crippen MR) is 360 cm³/mol. The van der Waals surface area contributed by atoms with E-state index in [-0.39, 0.29) is 48.2 Å². The second-order valence-electron chi connectivity index (χ2n) is 26.4. The Morgan fingerprint density at radius 1 is 0.427 bits per heavy atom. The Labute approximate surface area is 531 Å². The van der Waals surface area contributed by atoms with Gasteiger partial charge in [-0.2, -0.15) is 18.2 Å². The number of hydrogen-bond acceptors (Lipinski definition) is 4. The maximum absolute atomic E-state index is 15.3. The van der Waals surface area contributed by atoms with Crippen LogP contribution in [0.25, 0.3) is 122 Å². The Hall–Kier alpha value is -9.75. The number of nitrogens with zero attached hydrogens (tertiary/aromatic N) is 5. The first-order chi connectivity index (χ1) is 42.3. The molecule has 10 aromatic carbocycles. The van der Waals surface area contributed by atoms with E-state index >= 15 is 9.59 Å². The fraction of sp³-hybridized carbons (Fsp3) is 0.150. The van der Waals surface area contributed by atoms with Crippen molar-refractivity contribution in [3.05, 3.63) is 274 Å². The first kappa shape index (κ1) is 57.0. The average molecular weight is 1340 g/mol. The SMILES string of the molecule is CC(C)(C)c1cc(-[n+]2[c-]n(-c3[c-]c(Oc4[c-]c5c(cc4)c4cc(-c6cc7c(=O)c8cc(-c9ccccc9)ccc8n8c9cc(-c%10ccccc%10)ccc9c(=O)c(c6)c78)ccc4n5-c4cc(C(C)(C)C)ccn4)ccc3)c3ccccc32)cc(C(C)(C)C)c1.[Pt]. The third kappa shape index (κ3) is 9.82. The first-order valence-electron chi connectivity index (χ1n) is 30.1. The summed E-state index contributed by atoms with van der Waals surface area (Å²) in [6.07, 6.45) is 5.58. The number of fused-ring (bicyclic) bond motifs is 8. The molecule has 0 aliphatic carbocycles. The second kappa shape index (κ2) is 21.2. The summed E-state index contributed by atoms with van der Waals surface area (Å²) >= 11 is 0. The Balaban J connectivity index is 0.00000694. The van der Waals surface area contributed by atoms with Crippen molar-refractivity contribution < 1.29 is 30.4 Å². The van der Waals surface area contributed by atoms with Gasteiger partial charge in [-0.25, -0.2) is 4.98 Å². The molecule has 0 unspecified atom stereocenters. The van der Waals surface area contributed by atoms with Crippen molar-refractivity contribution in [1.29, 1.82) is 0 Å². The number of pyridine rings is 3. The van der Waals surface area contributed by atoms with Crippen LogP contribution in [0.15, 0.2) is 228 Å². The van der Waals surface area contributed by atoms with E-state index in [1.54, 1.807) is 0 Å². The average Bonchev–Trinajstić information content (AvgIpc) is 1.32. The zero-order valence-corrected chi connectivity index (χ0v) is 53.3. The van der Waals surface area contributed by atoms with Gasteiger partial charge in [0.25, 0.3) is 6.33 Å². The van der Waals surface area contributed by atoms with Crippen LogP contribution in [-0.4, -0.2) is 18.5 Å². The predicted octanol–water partition coefficient (Wildman–Crippen LogP) is 18.4. The summed E-state index contributed by atoms with van der Waals surface area (Å²) in [6.45, 7) is 20.2. The van der Waals surface area contributed by atoms with Crippen LogP contribution >= 0.6 is 0 Å². The smallest absolute Gasteiger partial charge is 0.268 e. The monoisotopic (exact) mass is 1340 g/mol. The van der Waals surface area contributed by atoms with Crippen LogP contribution in [0.2, 0.25) is 0 Å². The van der Waals surface area contributed by atoms with Crippen molar-refractivity contribution in [2.24, 2.45) is 0 Å². The summed E-state index contributed by atoms with van der Waals surface area (Å²) < 4.78 is 15.3. The summed E-state index contributed by atoms with van der Waals surface area (Å²) in [5.74, 6) is 1.76. The Morgan fingerprint density at radius 3 is 1.69 bits per heavy atom. The summed E-state index contributed by atoms with van der Waals surface area (Å²) in [7, 11) is 0. The molecule has 15 rings (SSSR count). The third-order valence-corrected chi connectivity index (χ3v) is 17.5. The van der Waals surface area contributed by atoms with Crippen molar-refractivity contribution in [2.75, 3.05) is 0 Å². The van der Waals surface area contributed by atoms with Gasteiger partial charge in [-0.05, 0) is 144 Å². The van der Waals surface area contributed by atoms with Gasteiger partial charge in [-0.1, -0.05) is 183 Å². The molecule has 0 aliphatic rings. The van der Waals surface area contributed by atoms with E-state index in [9.17, 15) is 0 Å². The number of hydrogen-bond donors (Lipinski definition) is 0. The Kier molecular flexibility index (Phi) is 13.6.